The molecule has 3 heterocycles. The predicted octanol–water partition coefficient (Wildman–Crippen LogP) is 3.21. The van der Waals surface area contributed by atoms with Gasteiger partial charge in [-0.25, -0.2) is 0 Å². The quantitative estimate of drug-likeness (QED) is 0.891. The van der Waals surface area contributed by atoms with Gasteiger partial charge in [-0.15, -0.1) is 11.3 Å². The van der Waals surface area contributed by atoms with E-state index in [1.807, 2.05) is 23.9 Å². The zero-order valence-electron chi connectivity index (χ0n) is 8.68. The molecule has 0 aliphatic carbocycles. The fraction of sp³-hybridized carbons (Fsp3) is 0.333. The zero-order chi connectivity index (χ0) is 11.0. The minimum absolute atomic E-state index is 0.601. The van der Waals surface area contributed by atoms with Gasteiger partial charge in [0.1, 0.15) is 11.9 Å². The normalized spacial score (nSPS) is 17.1. The van der Waals surface area contributed by atoms with Crippen LogP contribution in [0.1, 0.15) is 27.2 Å². The standard InChI is InChI=1S/C12H12O2S2/c13-12(9-2-1-4-14-9)11-6-8-7-15-5-3-10(8)16-11/h1-2,4,6,12-13H,3,5,7H2. The Balaban J connectivity index is 1.92. The molecule has 3 rings (SSSR count). The number of aliphatic hydroxyl groups is 1. The van der Waals surface area contributed by atoms with Crippen LogP contribution in [-0.2, 0) is 12.2 Å². The Morgan fingerprint density at radius 2 is 2.38 bits per heavy atom. The van der Waals surface area contributed by atoms with Gasteiger partial charge in [-0.05, 0) is 35.9 Å². The van der Waals surface area contributed by atoms with Crippen LogP contribution in [0.3, 0.4) is 0 Å². The lowest BCUT2D eigenvalue weighted by molar-refractivity contribution is 0.193. The second kappa shape index (κ2) is 4.28. The average Bonchev–Trinajstić information content (AvgIpc) is 2.97. The van der Waals surface area contributed by atoms with Gasteiger partial charge in [-0.1, -0.05) is 0 Å². The molecule has 16 heavy (non-hydrogen) atoms. The molecule has 0 saturated carbocycles. The van der Waals surface area contributed by atoms with Crippen LogP contribution in [0.15, 0.2) is 28.9 Å². The van der Waals surface area contributed by atoms with E-state index in [1.54, 1.807) is 17.6 Å². The molecule has 0 spiro atoms. The van der Waals surface area contributed by atoms with Crippen molar-refractivity contribution >= 4 is 23.1 Å². The van der Waals surface area contributed by atoms with Crippen molar-refractivity contribution in [2.75, 3.05) is 5.75 Å². The van der Waals surface area contributed by atoms with Crippen molar-refractivity contribution in [3.8, 4) is 0 Å². The maximum atomic E-state index is 10.1. The summed E-state index contributed by atoms with van der Waals surface area (Å²) in [5.41, 5.74) is 1.39. The van der Waals surface area contributed by atoms with Crippen molar-refractivity contribution in [3.05, 3.63) is 45.5 Å². The molecule has 0 saturated heterocycles. The van der Waals surface area contributed by atoms with Crippen LogP contribution in [0.25, 0.3) is 0 Å². The molecule has 1 aliphatic heterocycles. The molecule has 0 radical (unpaired) electrons. The van der Waals surface area contributed by atoms with Crippen molar-refractivity contribution in [3.63, 3.8) is 0 Å². The second-order valence-electron chi connectivity index (χ2n) is 3.82. The molecule has 1 N–H and O–H groups in total. The summed E-state index contributed by atoms with van der Waals surface area (Å²) >= 11 is 3.68. The van der Waals surface area contributed by atoms with Gasteiger partial charge in [-0.2, -0.15) is 11.8 Å². The second-order valence-corrected chi connectivity index (χ2v) is 6.09. The SMILES string of the molecule is OC(c1ccco1)c1cc2c(s1)CCSC2. The van der Waals surface area contributed by atoms with Gasteiger partial charge in [0.05, 0.1) is 6.26 Å². The molecule has 2 aromatic heterocycles. The number of fused-ring (bicyclic) bond motifs is 1. The first kappa shape index (κ1) is 10.4. The van der Waals surface area contributed by atoms with Gasteiger partial charge in [0.25, 0.3) is 0 Å². The Bertz CT molecular complexity index is 450. The van der Waals surface area contributed by atoms with Crippen molar-refractivity contribution < 1.29 is 9.52 Å². The number of thioether (sulfide) groups is 1. The third-order valence-corrected chi connectivity index (χ3v) is 5.03. The van der Waals surface area contributed by atoms with E-state index >= 15 is 0 Å². The largest absolute Gasteiger partial charge is 0.466 e. The third kappa shape index (κ3) is 1.81. The third-order valence-electron chi connectivity index (χ3n) is 2.73. The number of rotatable bonds is 2. The molecule has 2 nitrogen and oxygen atoms in total. The molecule has 2 aromatic rings. The minimum Gasteiger partial charge on any atom is -0.466 e. The number of aliphatic hydroxyl groups excluding tert-OH is 1. The molecular formula is C12H12O2S2. The number of hydrogen-bond acceptors (Lipinski definition) is 4. The number of furan rings is 1. The molecule has 0 fully saturated rings. The van der Waals surface area contributed by atoms with Crippen LogP contribution in [0.5, 0.6) is 0 Å². The first-order valence-corrected chi connectivity index (χ1v) is 7.22. The van der Waals surface area contributed by atoms with E-state index in [1.165, 1.54) is 16.2 Å². The van der Waals surface area contributed by atoms with E-state index in [4.69, 9.17) is 4.42 Å². The number of thiophene rings is 1. The van der Waals surface area contributed by atoms with Gasteiger partial charge in [-0.3, -0.25) is 0 Å². The molecule has 0 bridgehead atoms. The van der Waals surface area contributed by atoms with E-state index in [-0.39, 0.29) is 0 Å². The van der Waals surface area contributed by atoms with Crippen LogP contribution in [-0.4, -0.2) is 10.9 Å². The lowest BCUT2D eigenvalue weighted by Crippen LogP contribution is -1.96. The number of hydrogen-bond donors (Lipinski definition) is 1. The summed E-state index contributed by atoms with van der Waals surface area (Å²) in [7, 11) is 0. The maximum Gasteiger partial charge on any atom is 0.146 e. The highest BCUT2D eigenvalue weighted by Crippen LogP contribution is 2.36. The van der Waals surface area contributed by atoms with E-state index in [0.717, 1.165) is 17.1 Å². The Labute approximate surface area is 102 Å². The molecule has 0 aromatic carbocycles. The summed E-state index contributed by atoms with van der Waals surface area (Å²) in [5.74, 6) is 2.91. The summed E-state index contributed by atoms with van der Waals surface area (Å²) in [6.07, 6.45) is 2.13. The van der Waals surface area contributed by atoms with Crippen LogP contribution in [0.2, 0.25) is 0 Å². The zero-order valence-corrected chi connectivity index (χ0v) is 10.3. The minimum atomic E-state index is -0.601. The van der Waals surface area contributed by atoms with Gasteiger partial charge in [0.2, 0.25) is 0 Å². The van der Waals surface area contributed by atoms with Gasteiger partial charge >= 0.3 is 0 Å². The van der Waals surface area contributed by atoms with Crippen molar-refractivity contribution in [1.82, 2.24) is 0 Å². The summed E-state index contributed by atoms with van der Waals surface area (Å²) in [6, 6.07) is 5.75. The highest BCUT2D eigenvalue weighted by Gasteiger charge is 2.20. The van der Waals surface area contributed by atoms with Gasteiger partial charge in [0.15, 0.2) is 0 Å². The van der Waals surface area contributed by atoms with Crippen LogP contribution in [0.4, 0.5) is 0 Å². The summed E-state index contributed by atoms with van der Waals surface area (Å²) in [5, 5.41) is 10.1. The fourth-order valence-electron chi connectivity index (χ4n) is 1.89. The Morgan fingerprint density at radius 1 is 1.44 bits per heavy atom. The number of aryl methyl sites for hydroxylation is 1. The molecular weight excluding hydrogens is 240 g/mol. The topological polar surface area (TPSA) is 33.4 Å². The highest BCUT2D eigenvalue weighted by molar-refractivity contribution is 7.98. The summed E-state index contributed by atoms with van der Waals surface area (Å²) in [6.45, 7) is 0. The molecule has 1 aliphatic rings. The van der Waals surface area contributed by atoms with Crippen molar-refractivity contribution in [1.29, 1.82) is 0 Å². The summed E-state index contributed by atoms with van der Waals surface area (Å²) in [4.78, 5) is 2.43. The smallest absolute Gasteiger partial charge is 0.146 e. The molecule has 84 valence electrons. The van der Waals surface area contributed by atoms with Crippen molar-refractivity contribution in [2.45, 2.75) is 18.3 Å². The fourth-order valence-corrected chi connectivity index (χ4v) is 4.26. The van der Waals surface area contributed by atoms with Crippen LogP contribution >= 0.6 is 23.1 Å². The Hall–Kier alpha value is -0.710. The first-order valence-electron chi connectivity index (χ1n) is 5.25. The average molecular weight is 252 g/mol. The van der Waals surface area contributed by atoms with E-state index in [9.17, 15) is 5.11 Å². The van der Waals surface area contributed by atoms with Gasteiger partial charge in [0, 0.05) is 15.5 Å². The molecule has 1 unspecified atom stereocenters. The van der Waals surface area contributed by atoms with Gasteiger partial charge < -0.3 is 9.52 Å². The predicted molar refractivity (Wildman–Crippen MR) is 67.0 cm³/mol. The lowest BCUT2D eigenvalue weighted by atomic mass is 10.2. The maximum absolute atomic E-state index is 10.1. The monoisotopic (exact) mass is 252 g/mol. The van der Waals surface area contributed by atoms with E-state index in [0.29, 0.717) is 5.76 Å². The molecule has 4 heteroatoms. The van der Waals surface area contributed by atoms with Crippen LogP contribution in [0, 0.1) is 0 Å². The van der Waals surface area contributed by atoms with E-state index in [2.05, 4.69) is 6.07 Å². The Morgan fingerprint density at radius 3 is 3.12 bits per heavy atom. The highest BCUT2D eigenvalue weighted by atomic mass is 32.2. The summed E-state index contributed by atoms with van der Waals surface area (Å²) < 4.78 is 5.23. The Kier molecular flexibility index (Phi) is 2.79. The van der Waals surface area contributed by atoms with Crippen LogP contribution < -0.4 is 0 Å². The molecule has 1 atom stereocenters. The van der Waals surface area contributed by atoms with E-state index < -0.39 is 6.10 Å². The lowest BCUT2D eigenvalue weighted by Gasteiger charge is -2.08. The molecule has 0 amide bonds. The first-order chi connectivity index (χ1) is 7.84. The van der Waals surface area contributed by atoms with Crippen molar-refractivity contribution in [2.24, 2.45) is 0 Å².